The lowest BCUT2D eigenvalue weighted by Crippen LogP contribution is -2.11. The molecule has 0 saturated carbocycles. The highest BCUT2D eigenvalue weighted by molar-refractivity contribution is 5.92. The third-order valence-electron chi connectivity index (χ3n) is 4.04. The van der Waals surface area contributed by atoms with E-state index < -0.39 is 11.9 Å². The van der Waals surface area contributed by atoms with E-state index in [1.807, 2.05) is 18.2 Å². The summed E-state index contributed by atoms with van der Waals surface area (Å²) in [7, 11) is 0. The number of carbonyl (C=O) groups is 2. The number of amides is 1. The quantitative estimate of drug-likeness (QED) is 0.802. The van der Waals surface area contributed by atoms with Crippen molar-refractivity contribution in [2.75, 3.05) is 0 Å². The van der Waals surface area contributed by atoms with Crippen LogP contribution in [0.5, 0.6) is 0 Å². The molecular weight excluding hydrogens is 268 g/mol. The number of primary amides is 1. The number of hydrogen-bond donors (Lipinski definition) is 3. The van der Waals surface area contributed by atoms with Gasteiger partial charge in [0.1, 0.15) is 5.69 Å². The summed E-state index contributed by atoms with van der Waals surface area (Å²) in [5, 5.41) is 9.03. The summed E-state index contributed by atoms with van der Waals surface area (Å²) in [6.45, 7) is 0. The minimum absolute atomic E-state index is 0.246. The first-order chi connectivity index (χ1) is 10.0. The van der Waals surface area contributed by atoms with Gasteiger partial charge in [0.15, 0.2) is 0 Å². The van der Waals surface area contributed by atoms with Crippen molar-refractivity contribution in [2.45, 2.75) is 25.2 Å². The van der Waals surface area contributed by atoms with Gasteiger partial charge in [0.25, 0.3) is 0 Å². The molecule has 1 heterocycles. The Kier molecular flexibility index (Phi) is 3.25. The molecule has 0 radical (unpaired) electrons. The number of aromatic amines is 1. The first kappa shape index (κ1) is 13.4. The molecule has 1 aliphatic rings. The SMILES string of the molecule is NC(=O)c1cccc(CC2CCc3[nH]c(C(=O)O)cc32)c1. The highest BCUT2D eigenvalue weighted by Crippen LogP contribution is 2.36. The Labute approximate surface area is 121 Å². The van der Waals surface area contributed by atoms with Gasteiger partial charge < -0.3 is 15.8 Å². The summed E-state index contributed by atoms with van der Waals surface area (Å²) >= 11 is 0. The summed E-state index contributed by atoms with van der Waals surface area (Å²) in [6, 6.07) is 9.03. The fourth-order valence-corrected chi connectivity index (χ4v) is 3.02. The van der Waals surface area contributed by atoms with Gasteiger partial charge >= 0.3 is 5.97 Å². The molecule has 1 aliphatic carbocycles. The monoisotopic (exact) mass is 284 g/mol. The molecule has 21 heavy (non-hydrogen) atoms. The van der Waals surface area contributed by atoms with Crippen LogP contribution in [0.3, 0.4) is 0 Å². The average molecular weight is 284 g/mol. The van der Waals surface area contributed by atoms with Crippen LogP contribution in [0.4, 0.5) is 0 Å². The van der Waals surface area contributed by atoms with E-state index in [9.17, 15) is 9.59 Å². The van der Waals surface area contributed by atoms with Crippen LogP contribution in [0.2, 0.25) is 0 Å². The van der Waals surface area contributed by atoms with Crippen molar-refractivity contribution in [3.8, 4) is 0 Å². The third kappa shape index (κ3) is 2.54. The first-order valence-corrected chi connectivity index (χ1v) is 6.88. The molecule has 0 bridgehead atoms. The van der Waals surface area contributed by atoms with Crippen LogP contribution in [0, 0.1) is 0 Å². The molecule has 5 heteroatoms. The third-order valence-corrected chi connectivity index (χ3v) is 4.04. The molecule has 1 aromatic heterocycles. The molecule has 1 atom stereocenters. The maximum absolute atomic E-state index is 11.2. The summed E-state index contributed by atoms with van der Waals surface area (Å²) in [5.41, 5.74) is 9.19. The topological polar surface area (TPSA) is 96.2 Å². The largest absolute Gasteiger partial charge is 0.477 e. The zero-order chi connectivity index (χ0) is 15.0. The van der Waals surface area contributed by atoms with Gasteiger partial charge in [-0.25, -0.2) is 4.79 Å². The van der Waals surface area contributed by atoms with Crippen LogP contribution in [0.25, 0.3) is 0 Å². The molecule has 0 fully saturated rings. The van der Waals surface area contributed by atoms with Crippen molar-refractivity contribution >= 4 is 11.9 Å². The number of fused-ring (bicyclic) bond motifs is 1. The number of nitrogens with two attached hydrogens (primary N) is 1. The van der Waals surface area contributed by atoms with Crippen molar-refractivity contribution in [1.29, 1.82) is 0 Å². The highest BCUT2D eigenvalue weighted by Gasteiger charge is 2.26. The molecule has 3 rings (SSSR count). The molecule has 108 valence electrons. The summed E-state index contributed by atoms with van der Waals surface area (Å²) in [4.78, 5) is 25.2. The Balaban J connectivity index is 1.83. The fourth-order valence-electron chi connectivity index (χ4n) is 3.02. The Hall–Kier alpha value is -2.56. The summed E-state index contributed by atoms with van der Waals surface area (Å²) in [6.07, 6.45) is 2.63. The predicted molar refractivity (Wildman–Crippen MR) is 77.5 cm³/mol. The second kappa shape index (κ2) is 5.09. The highest BCUT2D eigenvalue weighted by atomic mass is 16.4. The Morgan fingerprint density at radius 2 is 2.14 bits per heavy atom. The normalized spacial score (nSPS) is 16.7. The lowest BCUT2D eigenvalue weighted by Gasteiger charge is -2.10. The summed E-state index contributed by atoms with van der Waals surface area (Å²) < 4.78 is 0. The number of H-pyrrole nitrogens is 1. The van der Waals surface area contributed by atoms with Gasteiger partial charge in [-0.15, -0.1) is 0 Å². The zero-order valence-corrected chi connectivity index (χ0v) is 11.4. The lowest BCUT2D eigenvalue weighted by molar-refractivity contribution is 0.0690. The van der Waals surface area contributed by atoms with E-state index in [1.54, 1.807) is 12.1 Å². The smallest absolute Gasteiger partial charge is 0.352 e. The Bertz CT molecular complexity index is 718. The summed E-state index contributed by atoms with van der Waals surface area (Å²) in [5.74, 6) is -1.08. The fraction of sp³-hybridized carbons (Fsp3) is 0.250. The van der Waals surface area contributed by atoms with Crippen LogP contribution in [0.15, 0.2) is 30.3 Å². The van der Waals surface area contributed by atoms with E-state index in [1.165, 1.54) is 0 Å². The van der Waals surface area contributed by atoms with Gasteiger partial charge in [-0.1, -0.05) is 12.1 Å². The number of benzene rings is 1. The van der Waals surface area contributed by atoms with Gasteiger partial charge in [0, 0.05) is 11.3 Å². The first-order valence-electron chi connectivity index (χ1n) is 6.88. The molecule has 0 spiro atoms. The zero-order valence-electron chi connectivity index (χ0n) is 11.4. The second-order valence-electron chi connectivity index (χ2n) is 5.43. The maximum atomic E-state index is 11.2. The maximum Gasteiger partial charge on any atom is 0.352 e. The van der Waals surface area contributed by atoms with Crippen LogP contribution < -0.4 is 5.73 Å². The van der Waals surface area contributed by atoms with Crippen LogP contribution in [-0.4, -0.2) is 22.0 Å². The number of carboxylic acid groups (broad SMARTS) is 1. The number of aromatic carboxylic acids is 1. The molecule has 5 nitrogen and oxygen atoms in total. The molecule has 2 aromatic rings. The minimum Gasteiger partial charge on any atom is -0.477 e. The van der Waals surface area contributed by atoms with Gasteiger partial charge in [-0.05, 0) is 54.5 Å². The molecule has 0 saturated heterocycles. The molecular formula is C16H16N2O3. The molecule has 0 aliphatic heterocycles. The standard InChI is InChI=1S/C16H16N2O3/c17-15(19)11-3-1-2-9(7-11)6-10-4-5-13-12(10)8-14(18-13)16(20)21/h1-3,7-8,10,18H,4-6H2,(H2,17,19)(H,20,21). The number of carbonyl (C=O) groups excluding carboxylic acids is 1. The Morgan fingerprint density at radius 3 is 2.86 bits per heavy atom. The van der Waals surface area contributed by atoms with Crippen LogP contribution in [-0.2, 0) is 12.8 Å². The molecule has 1 amide bonds. The predicted octanol–water partition coefficient (Wildman–Crippen LogP) is 2.08. The van der Waals surface area contributed by atoms with Gasteiger partial charge in [0.2, 0.25) is 5.91 Å². The average Bonchev–Trinajstić information content (AvgIpc) is 3.01. The van der Waals surface area contributed by atoms with E-state index in [4.69, 9.17) is 10.8 Å². The van der Waals surface area contributed by atoms with Crippen LogP contribution >= 0.6 is 0 Å². The number of nitrogens with one attached hydrogen (secondary N) is 1. The van der Waals surface area contributed by atoms with Crippen molar-refractivity contribution < 1.29 is 14.7 Å². The van der Waals surface area contributed by atoms with Crippen molar-refractivity contribution in [1.82, 2.24) is 4.98 Å². The molecule has 1 aromatic carbocycles. The van der Waals surface area contributed by atoms with E-state index >= 15 is 0 Å². The number of hydrogen-bond acceptors (Lipinski definition) is 2. The van der Waals surface area contributed by atoms with Gasteiger partial charge in [0.05, 0.1) is 0 Å². The lowest BCUT2D eigenvalue weighted by atomic mass is 9.94. The van der Waals surface area contributed by atoms with E-state index in [0.717, 1.165) is 36.1 Å². The van der Waals surface area contributed by atoms with Gasteiger partial charge in [-0.3, -0.25) is 4.79 Å². The van der Waals surface area contributed by atoms with E-state index in [0.29, 0.717) is 5.56 Å². The van der Waals surface area contributed by atoms with Crippen molar-refractivity contribution in [2.24, 2.45) is 5.73 Å². The number of rotatable bonds is 4. The minimum atomic E-state index is -0.932. The molecule has 4 N–H and O–H groups in total. The second-order valence-corrected chi connectivity index (χ2v) is 5.43. The molecule has 1 unspecified atom stereocenters. The number of aromatic nitrogens is 1. The van der Waals surface area contributed by atoms with Gasteiger partial charge in [-0.2, -0.15) is 0 Å². The Morgan fingerprint density at radius 1 is 1.33 bits per heavy atom. The van der Waals surface area contributed by atoms with E-state index in [-0.39, 0.29) is 11.6 Å². The van der Waals surface area contributed by atoms with Crippen LogP contribution in [0.1, 0.15) is 50.0 Å². The van der Waals surface area contributed by atoms with E-state index in [2.05, 4.69) is 4.98 Å². The van der Waals surface area contributed by atoms with Crippen molar-refractivity contribution in [3.05, 3.63) is 58.4 Å². The number of aryl methyl sites for hydroxylation is 1. The van der Waals surface area contributed by atoms with Crippen molar-refractivity contribution in [3.63, 3.8) is 0 Å². The number of carboxylic acids is 1.